The Balaban J connectivity index is 1.95. The molecular formula is C10H11N3O3S2. The highest BCUT2D eigenvalue weighted by Gasteiger charge is 2.10. The number of furan rings is 1. The molecular weight excluding hydrogens is 274 g/mol. The van der Waals surface area contributed by atoms with Gasteiger partial charge < -0.3 is 14.4 Å². The van der Waals surface area contributed by atoms with Crippen molar-refractivity contribution in [2.75, 3.05) is 19.0 Å². The van der Waals surface area contributed by atoms with Crippen LogP contribution in [0.3, 0.4) is 0 Å². The number of hydrogen-bond donors (Lipinski definition) is 1. The Morgan fingerprint density at radius 2 is 2.33 bits per heavy atom. The van der Waals surface area contributed by atoms with Crippen molar-refractivity contribution in [3.8, 4) is 0 Å². The Hall–Kier alpha value is -1.54. The zero-order valence-electron chi connectivity index (χ0n) is 9.78. The molecule has 0 atom stereocenters. The molecule has 0 radical (unpaired) electrons. The van der Waals surface area contributed by atoms with Gasteiger partial charge in [-0.05, 0) is 6.07 Å². The van der Waals surface area contributed by atoms with Crippen LogP contribution in [-0.4, -0.2) is 35.4 Å². The highest BCUT2D eigenvalue weighted by molar-refractivity contribution is 8.00. The van der Waals surface area contributed by atoms with E-state index >= 15 is 0 Å². The van der Waals surface area contributed by atoms with E-state index < -0.39 is 5.97 Å². The molecule has 0 spiro atoms. The summed E-state index contributed by atoms with van der Waals surface area (Å²) in [6.07, 6.45) is 1.24. The molecule has 18 heavy (non-hydrogen) atoms. The lowest BCUT2D eigenvalue weighted by Gasteiger charge is -2.03. The van der Waals surface area contributed by atoms with Crippen molar-refractivity contribution in [3.63, 3.8) is 0 Å². The molecule has 0 fully saturated rings. The van der Waals surface area contributed by atoms with Crippen molar-refractivity contribution >= 4 is 34.2 Å². The number of aromatic nitrogens is 2. The molecule has 2 aromatic rings. The number of carboxylic acid groups (broad SMARTS) is 1. The summed E-state index contributed by atoms with van der Waals surface area (Å²) < 4.78 is 5.97. The van der Waals surface area contributed by atoms with Gasteiger partial charge in [-0.3, -0.25) is 0 Å². The van der Waals surface area contributed by atoms with Crippen molar-refractivity contribution < 1.29 is 14.3 Å². The van der Waals surface area contributed by atoms with E-state index in [1.165, 1.54) is 35.4 Å². The third-order valence-electron chi connectivity index (χ3n) is 2.02. The van der Waals surface area contributed by atoms with Crippen LogP contribution >= 0.6 is 23.1 Å². The Morgan fingerprint density at radius 1 is 1.56 bits per heavy atom. The zero-order valence-corrected chi connectivity index (χ0v) is 11.4. The summed E-state index contributed by atoms with van der Waals surface area (Å²) in [5.41, 5.74) is 0.164. The van der Waals surface area contributed by atoms with Crippen LogP contribution in [0.1, 0.15) is 16.1 Å². The summed E-state index contributed by atoms with van der Waals surface area (Å²) in [5.74, 6) is 0.162. The van der Waals surface area contributed by atoms with Gasteiger partial charge in [0.2, 0.25) is 5.13 Å². The third-order valence-corrected chi connectivity index (χ3v) is 4.26. The maximum Gasteiger partial charge on any atom is 0.338 e. The minimum Gasteiger partial charge on any atom is -0.478 e. The largest absolute Gasteiger partial charge is 0.478 e. The second-order valence-corrected chi connectivity index (χ2v) is 5.82. The normalized spacial score (nSPS) is 10.6. The number of anilines is 1. The van der Waals surface area contributed by atoms with E-state index in [0.29, 0.717) is 11.5 Å². The van der Waals surface area contributed by atoms with Gasteiger partial charge in [-0.1, -0.05) is 23.1 Å². The van der Waals surface area contributed by atoms with Gasteiger partial charge in [0.1, 0.15) is 12.0 Å². The molecule has 0 unspecified atom stereocenters. The molecule has 96 valence electrons. The van der Waals surface area contributed by atoms with E-state index in [4.69, 9.17) is 9.52 Å². The highest BCUT2D eigenvalue weighted by Crippen LogP contribution is 2.29. The molecule has 0 aliphatic rings. The van der Waals surface area contributed by atoms with Crippen molar-refractivity contribution in [2.45, 2.75) is 10.1 Å². The third kappa shape index (κ3) is 3.02. The fraction of sp³-hybridized carbons (Fsp3) is 0.300. The SMILES string of the molecule is CN(C)c1nnc(SCc2cc(C(=O)O)co2)s1. The topological polar surface area (TPSA) is 79.5 Å². The van der Waals surface area contributed by atoms with Crippen LogP contribution in [0.2, 0.25) is 0 Å². The van der Waals surface area contributed by atoms with Crippen molar-refractivity contribution in [1.82, 2.24) is 10.2 Å². The van der Waals surface area contributed by atoms with Crippen LogP contribution in [0.4, 0.5) is 5.13 Å². The molecule has 2 rings (SSSR count). The summed E-state index contributed by atoms with van der Waals surface area (Å²) in [5, 5.41) is 17.6. The van der Waals surface area contributed by atoms with Crippen LogP contribution in [0.15, 0.2) is 21.1 Å². The molecule has 8 heteroatoms. The van der Waals surface area contributed by atoms with Gasteiger partial charge >= 0.3 is 5.97 Å². The predicted octanol–water partition coefficient (Wildman–Crippen LogP) is 2.19. The Morgan fingerprint density at radius 3 is 2.89 bits per heavy atom. The number of nitrogens with zero attached hydrogens (tertiary/aromatic N) is 3. The van der Waals surface area contributed by atoms with E-state index in [0.717, 1.165) is 9.47 Å². The molecule has 0 aliphatic heterocycles. The Kier molecular flexibility index (Phi) is 3.87. The molecule has 6 nitrogen and oxygen atoms in total. The fourth-order valence-corrected chi connectivity index (χ4v) is 2.80. The first kappa shape index (κ1) is 12.9. The van der Waals surface area contributed by atoms with Crippen LogP contribution in [-0.2, 0) is 5.75 Å². The molecule has 0 saturated heterocycles. The van der Waals surface area contributed by atoms with Crippen LogP contribution in [0.25, 0.3) is 0 Å². The number of hydrogen-bond acceptors (Lipinski definition) is 7. The Bertz CT molecular complexity index is 550. The molecule has 2 aromatic heterocycles. The number of carboxylic acids is 1. The first-order chi connectivity index (χ1) is 8.56. The van der Waals surface area contributed by atoms with Crippen LogP contribution in [0.5, 0.6) is 0 Å². The van der Waals surface area contributed by atoms with E-state index in [9.17, 15) is 4.79 Å². The molecule has 1 N–H and O–H groups in total. The summed E-state index contributed by atoms with van der Waals surface area (Å²) in [7, 11) is 3.81. The standard InChI is InChI=1S/C10H11N3O3S2/c1-13(2)9-11-12-10(18-9)17-5-7-3-6(4-16-7)8(14)15/h3-4H,5H2,1-2H3,(H,14,15). The minimum absolute atomic E-state index is 0.164. The summed E-state index contributed by atoms with van der Waals surface area (Å²) in [4.78, 5) is 12.6. The van der Waals surface area contributed by atoms with Crippen molar-refractivity contribution in [3.05, 3.63) is 23.7 Å². The quantitative estimate of drug-likeness (QED) is 0.843. The van der Waals surface area contributed by atoms with Crippen LogP contribution < -0.4 is 4.90 Å². The van der Waals surface area contributed by atoms with Crippen molar-refractivity contribution in [1.29, 1.82) is 0 Å². The minimum atomic E-state index is -0.985. The average Bonchev–Trinajstić information content (AvgIpc) is 2.95. The number of thioether (sulfide) groups is 1. The summed E-state index contributed by atoms with van der Waals surface area (Å²) >= 11 is 2.95. The highest BCUT2D eigenvalue weighted by atomic mass is 32.2. The van der Waals surface area contributed by atoms with Gasteiger partial charge in [-0.25, -0.2) is 4.79 Å². The first-order valence-electron chi connectivity index (χ1n) is 5.00. The second-order valence-electron chi connectivity index (χ2n) is 3.64. The van der Waals surface area contributed by atoms with E-state index in [2.05, 4.69) is 10.2 Å². The molecule has 0 amide bonds. The fourth-order valence-electron chi connectivity index (χ4n) is 1.14. The van der Waals surface area contributed by atoms with Gasteiger partial charge in [0, 0.05) is 14.1 Å². The lowest BCUT2D eigenvalue weighted by molar-refractivity contribution is 0.0696. The van der Waals surface area contributed by atoms with Gasteiger partial charge in [0.15, 0.2) is 4.34 Å². The maximum absolute atomic E-state index is 10.7. The lowest BCUT2D eigenvalue weighted by atomic mass is 10.3. The number of rotatable bonds is 5. The van der Waals surface area contributed by atoms with Crippen molar-refractivity contribution in [2.24, 2.45) is 0 Å². The zero-order chi connectivity index (χ0) is 13.1. The first-order valence-corrected chi connectivity index (χ1v) is 6.81. The molecule has 0 aliphatic carbocycles. The molecule has 2 heterocycles. The summed E-state index contributed by atoms with van der Waals surface area (Å²) in [6.45, 7) is 0. The van der Waals surface area contributed by atoms with E-state index in [-0.39, 0.29) is 5.56 Å². The molecule has 0 aromatic carbocycles. The van der Waals surface area contributed by atoms with Gasteiger partial charge in [0.05, 0.1) is 11.3 Å². The second kappa shape index (κ2) is 5.40. The van der Waals surface area contributed by atoms with Gasteiger partial charge in [-0.2, -0.15) is 0 Å². The number of carbonyl (C=O) groups is 1. The molecule has 0 saturated carbocycles. The predicted molar refractivity (Wildman–Crippen MR) is 69.5 cm³/mol. The average molecular weight is 285 g/mol. The maximum atomic E-state index is 10.7. The monoisotopic (exact) mass is 285 g/mol. The van der Waals surface area contributed by atoms with Gasteiger partial charge in [0.25, 0.3) is 0 Å². The number of aromatic carboxylic acids is 1. The van der Waals surface area contributed by atoms with E-state index in [1.54, 1.807) is 0 Å². The van der Waals surface area contributed by atoms with Crippen LogP contribution in [0, 0.1) is 0 Å². The smallest absolute Gasteiger partial charge is 0.338 e. The van der Waals surface area contributed by atoms with E-state index in [1.807, 2.05) is 19.0 Å². The lowest BCUT2D eigenvalue weighted by Crippen LogP contribution is -2.07. The molecule has 0 bridgehead atoms. The Labute approximate surface area is 112 Å². The summed E-state index contributed by atoms with van der Waals surface area (Å²) in [6, 6.07) is 1.52. The van der Waals surface area contributed by atoms with Gasteiger partial charge in [-0.15, -0.1) is 10.2 Å².